The number of ether oxygens (including phenoxy) is 2. The summed E-state index contributed by atoms with van der Waals surface area (Å²) in [7, 11) is 0. The molecule has 0 aliphatic rings. The highest BCUT2D eigenvalue weighted by Gasteiger charge is 2.30. The molecule has 6 aromatic rings. The van der Waals surface area contributed by atoms with Gasteiger partial charge in [-0.05, 0) is 111 Å². The summed E-state index contributed by atoms with van der Waals surface area (Å²) in [6.07, 6.45) is 4.35. The van der Waals surface area contributed by atoms with E-state index in [1.165, 1.54) is 49.0 Å². The quantitative estimate of drug-likeness (QED) is 0.0677. The fourth-order valence-electron chi connectivity index (χ4n) is 8.29. The summed E-state index contributed by atoms with van der Waals surface area (Å²) < 4.78 is 12.5. The SMILES string of the molecule is CCCOCCOC(CC(CC)C(=O)O)CC(CC(CC(C)c1ccccc1)c1cccc2ccccc12)c1c2ccccc2cc2ccccc12. The Morgan fingerprint density at radius 1 is 0.615 bits per heavy atom. The highest BCUT2D eigenvalue weighted by Crippen LogP contribution is 2.45. The Bertz CT molecular complexity index is 1980. The Labute approximate surface area is 309 Å². The first-order chi connectivity index (χ1) is 25.5. The third-order valence-corrected chi connectivity index (χ3v) is 10.9. The minimum absolute atomic E-state index is 0.0933. The van der Waals surface area contributed by atoms with Gasteiger partial charge >= 0.3 is 5.97 Å². The lowest BCUT2D eigenvalue weighted by molar-refractivity contribution is -0.143. The van der Waals surface area contributed by atoms with Gasteiger partial charge in [-0.1, -0.05) is 142 Å². The molecule has 5 atom stereocenters. The second-order valence-electron chi connectivity index (χ2n) is 14.5. The Balaban J connectivity index is 1.49. The predicted octanol–water partition coefficient (Wildman–Crippen LogP) is 12.3. The Morgan fingerprint density at radius 2 is 1.23 bits per heavy atom. The number of carboxylic acids is 1. The first-order valence-electron chi connectivity index (χ1n) is 19.3. The zero-order chi connectivity index (χ0) is 36.3. The maximum atomic E-state index is 12.4. The fourth-order valence-corrected chi connectivity index (χ4v) is 8.29. The van der Waals surface area contributed by atoms with E-state index in [0.29, 0.717) is 38.6 Å². The second-order valence-corrected chi connectivity index (χ2v) is 14.5. The van der Waals surface area contributed by atoms with Crippen LogP contribution >= 0.6 is 0 Å². The van der Waals surface area contributed by atoms with Crippen molar-refractivity contribution in [3.63, 3.8) is 0 Å². The summed E-state index contributed by atoms with van der Waals surface area (Å²) in [5.74, 6) is -0.557. The molecule has 4 heteroatoms. The van der Waals surface area contributed by atoms with E-state index in [9.17, 15) is 9.90 Å². The van der Waals surface area contributed by atoms with Crippen LogP contribution in [0.5, 0.6) is 0 Å². The van der Waals surface area contributed by atoms with Gasteiger partial charge < -0.3 is 14.6 Å². The van der Waals surface area contributed by atoms with Gasteiger partial charge in [-0.25, -0.2) is 0 Å². The number of hydrogen-bond acceptors (Lipinski definition) is 3. The van der Waals surface area contributed by atoms with Crippen molar-refractivity contribution in [2.24, 2.45) is 5.92 Å². The van der Waals surface area contributed by atoms with Crippen molar-refractivity contribution in [2.75, 3.05) is 19.8 Å². The molecule has 0 saturated carbocycles. The molecule has 6 aromatic carbocycles. The zero-order valence-electron chi connectivity index (χ0n) is 31.0. The van der Waals surface area contributed by atoms with Crippen LogP contribution in [0.25, 0.3) is 32.3 Å². The van der Waals surface area contributed by atoms with Gasteiger partial charge in [0.2, 0.25) is 0 Å². The molecule has 0 bridgehead atoms. The van der Waals surface area contributed by atoms with Crippen molar-refractivity contribution in [3.8, 4) is 0 Å². The van der Waals surface area contributed by atoms with Gasteiger partial charge in [0.15, 0.2) is 0 Å². The maximum Gasteiger partial charge on any atom is 0.306 e. The van der Waals surface area contributed by atoms with E-state index < -0.39 is 11.9 Å². The van der Waals surface area contributed by atoms with Crippen LogP contribution in [-0.2, 0) is 14.3 Å². The largest absolute Gasteiger partial charge is 0.481 e. The van der Waals surface area contributed by atoms with E-state index in [2.05, 4.69) is 141 Å². The van der Waals surface area contributed by atoms with Gasteiger partial charge in [0.05, 0.1) is 25.2 Å². The van der Waals surface area contributed by atoms with Crippen LogP contribution in [0.1, 0.15) is 93.7 Å². The number of aliphatic carboxylic acids is 1. The summed E-state index contributed by atoms with van der Waals surface area (Å²) in [4.78, 5) is 12.4. The number of carboxylic acid groups (broad SMARTS) is 1. The second kappa shape index (κ2) is 18.3. The molecule has 0 amide bonds. The summed E-state index contributed by atoms with van der Waals surface area (Å²) >= 11 is 0. The average molecular weight is 695 g/mol. The van der Waals surface area contributed by atoms with Crippen LogP contribution in [0.3, 0.4) is 0 Å². The molecule has 0 fully saturated rings. The van der Waals surface area contributed by atoms with Crippen LogP contribution in [0.4, 0.5) is 0 Å². The van der Waals surface area contributed by atoms with Gasteiger partial charge in [-0.2, -0.15) is 0 Å². The maximum absolute atomic E-state index is 12.4. The number of fused-ring (bicyclic) bond motifs is 3. The molecule has 0 spiro atoms. The minimum atomic E-state index is -0.754. The van der Waals surface area contributed by atoms with Crippen molar-refractivity contribution < 1.29 is 19.4 Å². The lowest BCUT2D eigenvalue weighted by Crippen LogP contribution is -2.26. The van der Waals surface area contributed by atoms with Gasteiger partial charge in [0.1, 0.15) is 0 Å². The molecule has 0 aliphatic carbocycles. The van der Waals surface area contributed by atoms with Crippen LogP contribution < -0.4 is 0 Å². The summed E-state index contributed by atoms with van der Waals surface area (Å²) in [5.41, 5.74) is 4.06. The molecule has 6 rings (SSSR count). The Kier molecular flexibility index (Phi) is 13.1. The number of hydrogen-bond donors (Lipinski definition) is 1. The normalized spacial score (nSPS) is 14.7. The van der Waals surface area contributed by atoms with Crippen LogP contribution in [0.15, 0.2) is 127 Å². The van der Waals surface area contributed by atoms with Gasteiger partial charge in [-0.15, -0.1) is 0 Å². The first-order valence-corrected chi connectivity index (χ1v) is 19.3. The minimum Gasteiger partial charge on any atom is -0.481 e. The number of benzene rings is 6. The van der Waals surface area contributed by atoms with E-state index >= 15 is 0 Å². The van der Waals surface area contributed by atoms with Crippen LogP contribution in [0.2, 0.25) is 0 Å². The highest BCUT2D eigenvalue weighted by atomic mass is 16.5. The average Bonchev–Trinajstić information content (AvgIpc) is 3.18. The molecule has 270 valence electrons. The lowest BCUT2D eigenvalue weighted by Gasteiger charge is -2.32. The smallest absolute Gasteiger partial charge is 0.306 e. The van der Waals surface area contributed by atoms with E-state index in [1.807, 2.05) is 6.92 Å². The monoisotopic (exact) mass is 694 g/mol. The predicted molar refractivity (Wildman–Crippen MR) is 216 cm³/mol. The zero-order valence-corrected chi connectivity index (χ0v) is 31.0. The number of carbonyl (C=O) groups is 1. The number of rotatable bonds is 19. The highest BCUT2D eigenvalue weighted by molar-refractivity contribution is 6.02. The van der Waals surface area contributed by atoms with E-state index in [1.54, 1.807) is 0 Å². The van der Waals surface area contributed by atoms with Crippen molar-refractivity contribution in [2.45, 2.75) is 83.2 Å². The van der Waals surface area contributed by atoms with Crippen molar-refractivity contribution in [3.05, 3.63) is 144 Å². The molecular weight excluding hydrogens is 641 g/mol. The van der Waals surface area contributed by atoms with Crippen molar-refractivity contribution in [1.29, 1.82) is 0 Å². The topological polar surface area (TPSA) is 55.8 Å². The summed E-state index contributed by atoms with van der Waals surface area (Å²) in [6.45, 7) is 8.07. The van der Waals surface area contributed by atoms with E-state index in [-0.39, 0.29) is 17.9 Å². The fraction of sp³-hybridized carbons (Fsp3) is 0.354. The molecule has 5 unspecified atom stereocenters. The Hall–Kier alpha value is -4.51. The van der Waals surface area contributed by atoms with Gasteiger partial charge in [-0.3, -0.25) is 4.79 Å². The van der Waals surface area contributed by atoms with Crippen molar-refractivity contribution in [1.82, 2.24) is 0 Å². The summed E-state index contributed by atoms with van der Waals surface area (Å²) in [5, 5.41) is 17.7. The molecule has 52 heavy (non-hydrogen) atoms. The molecule has 1 N–H and O–H groups in total. The third kappa shape index (κ3) is 9.10. The molecule has 4 nitrogen and oxygen atoms in total. The van der Waals surface area contributed by atoms with Gasteiger partial charge in [0.25, 0.3) is 0 Å². The molecule has 0 aromatic heterocycles. The van der Waals surface area contributed by atoms with Crippen LogP contribution in [-0.4, -0.2) is 37.0 Å². The molecule has 0 aliphatic heterocycles. The van der Waals surface area contributed by atoms with Crippen LogP contribution in [0, 0.1) is 5.92 Å². The summed E-state index contributed by atoms with van der Waals surface area (Å²) in [6, 6.07) is 46.2. The molecule has 0 radical (unpaired) electrons. The molecular formula is C48H54O4. The lowest BCUT2D eigenvalue weighted by atomic mass is 9.74. The van der Waals surface area contributed by atoms with Crippen molar-refractivity contribution >= 4 is 38.3 Å². The molecule has 0 saturated heterocycles. The standard InChI is InChI=1S/C48H54O4/c1-4-26-51-27-28-52-42(32-35(5-2)48(49)50)33-41(47-45-23-13-10-19-38(45)30-39-20-11-14-24-46(39)47)31-40(29-34(3)36-16-7-6-8-17-36)44-25-15-21-37-18-9-12-22-43(37)44/h6-25,30,34-35,40-42H,4-5,26-29,31-33H2,1-3H3,(H,49,50). The van der Waals surface area contributed by atoms with E-state index in [0.717, 1.165) is 25.7 Å². The Morgan fingerprint density at radius 3 is 1.88 bits per heavy atom. The first kappa shape index (κ1) is 37.3. The van der Waals surface area contributed by atoms with Gasteiger partial charge in [0, 0.05) is 6.61 Å². The van der Waals surface area contributed by atoms with E-state index in [4.69, 9.17) is 9.47 Å². The third-order valence-electron chi connectivity index (χ3n) is 10.9. The molecule has 0 heterocycles.